The summed E-state index contributed by atoms with van der Waals surface area (Å²) in [6.07, 6.45) is 0.257. The highest BCUT2D eigenvalue weighted by molar-refractivity contribution is 9.09. The standard InChI is InChI=1S/C6H12BrF/c1-3-5(2)6(8)4-7/h5-6H,3-4H2,1-2H3/t5-,6+/m0/s1. The monoisotopic (exact) mass is 182 g/mol. The second kappa shape index (κ2) is 4.30. The van der Waals surface area contributed by atoms with Crippen LogP contribution in [0.1, 0.15) is 20.3 Å². The van der Waals surface area contributed by atoms with Gasteiger partial charge in [-0.3, -0.25) is 0 Å². The molecule has 0 N–H and O–H groups in total. The molecule has 0 amide bonds. The Hall–Kier alpha value is 0.410. The van der Waals surface area contributed by atoms with Gasteiger partial charge in [0.05, 0.1) is 0 Å². The van der Waals surface area contributed by atoms with Gasteiger partial charge in [0.25, 0.3) is 0 Å². The Labute approximate surface area is 58.6 Å². The van der Waals surface area contributed by atoms with E-state index >= 15 is 0 Å². The maximum Gasteiger partial charge on any atom is 0.112 e. The predicted octanol–water partition coefficient (Wildman–Crippen LogP) is 2.77. The molecule has 0 aliphatic heterocycles. The average molecular weight is 183 g/mol. The molecule has 0 fully saturated rings. The van der Waals surface area contributed by atoms with Crippen LogP contribution in [0.4, 0.5) is 4.39 Å². The fourth-order valence-electron chi connectivity index (χ4n) is 0.408. The van der Waals surface area contributed by atoms with Crippen LogP contribution >= 0.6 is 15.9 Å². The average Bonchev–Trinajstić information content (AvgIpc) is 1.84. The van der Waals surface area contributed by atoms with Crippen LogP contribution in [0.3, 0.4) is 0 Å². The van der Waals surface area contributed by atoms with Crippen molar-refractivity contribution < 1.29 is 4.39 Å². The van der Waals surface area contributed by atoms with E-state index < -0.39 is 6.17 Å². The van der Waals surface area contributed by atoms with E-state index in [4.69, 9.17) is 0 Å². The Morgan fingerprint density at radius 3 is 2.25 bits per heavy atom. The maximum atomic E-state index is 12.5. The van der Waals surface area contributed by atoms with Crippen molar-refractivity contribution in [3.05, 3.63) is 0 Å². The summed E-state index contributed by atoms with van der Waals surface area (Å²) in [5.74, 6) is 0.203. The zero-order valence-electron chi connectivity index (χ0n) is 5.32. The minimum absolute atomic E-state index is 0.203. The largest absolute Gasteiger partial charge is 0.246 e. The van der Waals surface area contributed by atoms with Crippen LogP contribution in [-0.4, -0.2) is 11.5 Å². The number of hydrogen-bond donors (Lipinski definition) is 0. The first-order chi connectivity index (χ1) is 3.72. The van der Waals surface area contributed by atoms with Gasteiger partial charge in [-0.05, 0) is 5.92 Å². The molecule has 50 valence electrons. The van der Waals surface area contributed by atoms with E-state index in [0.717, 1.165) is 6.42 Å². The molecule has 2 heteroatoms. The zero-order valence-corrected chi connectivity index (χ0v) is 6.91. The van der Waals surface area contributed by atoms with Crippen molar-refractivity contribution in [2.45, 2.75) is 26.4 Å². The van der Waals surface area contributed by atoms with Gasteiger partial charge in [-0.25, -0.2) is 4.39 Å². The second-order valence-electron chi connectivity index (χ2n) is 2.06. The van der Waals surface area contributed by atoms with Gasteiger partial charge < -0.3 is 0 Å². The molecule has 0 rings (SSSR count). The predicted molar refractivity (Wildman–Crippen MR) is 38.1 cm³/mol. The topological polar surface area (TPSA) is 0 Å². The quantitative estimate of drug-likeness (QED) is 0.590. The first-order valence-corrected chi connectivity index (χ1v) is 4.04. The SMILES string of the molecule is CC[C@H](C)[C@H](F)CBr. The fourth-order valence-corrected chi connectivity index (χ4v) is 1.05. The van der Waals surface area contributed by atoms with Gasteiger partial charge in [-0.15, -0.1) is 0 Å². The Bertz CT molecular complexity index is 48.5. The molecule has 0 aromatic heterocycles. The summed E-state index contributed by atoms with van der Waals surface area (Å²) in [5.41, 5.74) is 0. The molecule has 2 atom stereocenters. The zero-order chi connectivity index (χ0) is 6.57. The van der Waals surface area contributed by atoms with Gasteiger partial charge >= 0.3 is 0 Å². The van der Waals surface area contributed by atoms with Gasteiger partial charge in [0.1, 0.15) is 6.17 Å². The Morgan fingerprint density at radius 2 is 2.12 bits per heavy atom. The normalized spacial score (nSPS) is 18.0. The lowest BCUT2D eigenvalue weighted by molar-refractivity contribution is 0.265. The molecular formula is C6H12BrF. The molecule has 0 spiro atoms. The second-order valence-corrected chi connectivity index (χ2v) is 2.70. The molecule has 0 saturated carbocycles. The molecule has 0 saturated heterocycles. The van der Waals surface area contributed by atoms with E-state index in [0.29, 0.717) is 5.33 Å². The van der Waals surface area contributed by atoms with Crippen molar-refractivity contribution in [1.82, 2.24) is 0 Å². The number of hydrogen-bond acceptors (Lipinski definition) is 0. The maximum absolute atomic E-state index is 12.5. The summed E-state index contributed by atoms with van der Waals surface area (Å²) in [5, 5.41) is 0.474. The third kappa shape index (κ3) is 2.65. The lowest BCUT2D eigenvalue weighted by Gasteiger charge is -2.09. The molecule has 0 unspecified atom stereocenters. The molecule has 0 bridgehead atoms. The summed E-state index contributed by atoms with van der Waals surface area (Å²) < 4.78 is 12.5. The van der Waals surface area contributed by atoms with Crippen molar-refractivity contribution in [3.8, 4) is 0 Å². The van der Waals surface area contributed by atoms with E-state index in [1.165, 1.54) is 0 Å². The van der Waals surface area contributed by atoms with Crippen LogP contribution in [0.15, 0.2) is 0 Å². The molecule has 8 heavy (non-hydrogen) atoms. The fraction of sp³-hybridized carbons (Fsp3) is 1.00. The summed E-state index contributed by atoms with van der Waals surface area (Å²) in [4.78, 5) is 0. The number of halogens is 2. The molecule has 0 radical (unpaired) electrons. The molecule has 0 aromatic rings. The van der Waals surface area contributed by atoms with Crippen molar-refractivity contribution in [1.29, 1.82) is 0 Å². The van der Waals surface area contributed by atoms with Gasteiger partial charge in [0, 0.05) is 5.33 Å². The van der Waals surface area contributed by atoms with Crippen molar-refractivity contribution >= 4 is 15.9 Å². The molecule has 0 aliphatic carbocycles. The van der Waals surface area contributed by atoms with E-state index in [9.17, 15) is 4.39 Å². The summed E-state index contributed by atoms with van der Waals surface area (Å²) in [6, 6.07) is 0. The molecule has 0 aromatic carbocycles. The Kier molecular flexibility index (Phi) is 4.53. The van der Waals surface area contributed by atoms with E-state index in [-0.39, 0.29) is 5.92 Å². The first kappa shape index (κ1) is 8.41. The Morgan fingerprint density at radius 1 is 1.62 bits per heavy atom. The van der Waals surface area contributed by atoms with E-state index in [2.05, 4.69) is 15.9 Å². The Balaban J connectivity index is 3.29. The van der Waals surface area contributed by atoms with Crippen LogP contribution in [0.2, 0.25) is 0 Å². The summed E-state index contributed by atoms with van der Waals surface area (Å²) >= 11 is 3.08. The number of rotatable bonds is 3. The molecule has 0 heterocycles. The molecular weight excluding hydrogens is 171 g/mol. The first-order valence-electron chi connectivity index (χ1n) is 2.92. The summed E-state index contributed by atoms with van der Waals surface area (Å²) in [7, 11) is 0. The molecule has 0 nitrogen and oxygen atoms in total. The highest BCUT2D eigenvalue weighted by Crippen LogP contribution is 2.12. The minimum atomic E-state index is -0.667. The van der Waals surface area contributed by atoms with Gasteiger partial charge in [0.2, 0.25) is 0 Å². The van der Waals surface area contributed by atoms with Crippen molar-refractivity contribution in [2.75, 3.05) is 5.33 Å². The van der Waals surface area contributed by atoms with E-state index in [1.54, 1.807) is 0 Å². The van der Waals surface area contributed by atoms with Crippen LogP contribution in [0.25, 0.3) is 0 Å². The minimum Gasteiger partial charge on any atom is -0.246 e. The lowest BCUT2D eigenvalue weighted by Crippen LogP contribution is -2.12. The highest BCUT2D eigenvalue weighted by atomic mass is 79.9. The van der Waals surface area contributed by atoms with Crippen LogP contribution < -0.4 is 0 Å². The summed E-state index contributed by atoms with van der Waals surface area (Å²) in [6.45, 7) is 3.92. The van der Waals surface area contributed by atoms with Crippen LogP contribution in [0.5, 0.6) is 0 Å². The van der Waals surface area contributed by atoms with Crippen LogP contribution in [0, 0.1) is 5.92 Å². The smallest absolute Gasteiger partial charge is 0.112 e. The lowest BCUT2D eigenvalue weighted by atomic mass is 10.1. The highest BCUT2D eigenvalue weighted by Gasteiger charge is 2.11. The third-order valence-corrected chi connectivity index (χ3v) is 2.03. The van der Waals surface area contributed by atoms with E-state index in [1.807, 2.05) is 13.8 Å². The van der Waals surface area contributed by atoms with Crippen molar-refractivity contribution in [2.24, 2.45) is 5.92 Å². The van der Waals surface area contributed by atoms with Gasteiger partial charge in [0.15, 0.2) is 0 Å². The van der Waals surface area contributed by atoms with Gasteiger partial charge in [-0.1, -0.05) is 36.2 Å². The van der Waals surface area contributed by atoms with Gasteiger partial charge in [-0.2, -0.15) is 0 Å². The third-order valence-electron chi connectivity index (χ3n) is 1.41. The number of alkyl halides is 2. The van der Waals surface area contributed by atoms with Crippen molar-refractivity contribution in [3.63, 3.8) is 0 Å². The van der Waals surface area contributed by atoms with Crippen LogP contribution in [-0.2, 0) is 0 Å². The molecule has 0 aliphatic rings.